The van der Waals surface area contributed by atoms with E-state index in [-0.39, 0.29) is 16.9 Å². The van der Waals surface area contributed by atoms with Gasteiger partial charge in [0.25, 0.3) is 0 Å². The van der Waals surface area contributed by atoms with Crippen LogP contribution in [0, 0.1) is 0 Å². The predicted molar refractivity (Wildman–Crippen MR) is 40.7 cm³/mol. The van der Waals surface area contributed by atoms with Gasteiger partial charge in [-0.15, -0.1) is 0 Å². The molecule has 1 unspecified atom stereocenters. The molecule has 1 aliphatic heterocycles. The summed E-state index contributed by atoms with van der Waals surface area (Å²) in [5, 5.41) is 0. The third kappa shape index (κ3) is 1.17. The first-order chi connectivity index (χ1) is 6.00. The molecule has 0 saturated carbocycles. The lowest BCUT2D eigenvalue weighted by Gasteiger charge is -2.06. The summed E-state index contributed by atoms with van der Waals surface area (Å²) < 4.78 is 38.9. The van der Waals surface area contributed by atoms with Crippen molar-refractivity contribution in [2.75, 3.05) is 0 Å². The number of alkyl halides is 1. The van der Waals surface area contributed by atoms with E-state index in [0.717, 1.165) is 12.2 Å². The van der Waals surface area contributed by atoms with Crippen molar-refractivity contribution in [3.8, 4) is 0 Å². The summed E-state index contributed by atoms with van der Waals surface area (Å²) in [7, 11) is -3.99. The van der Waals surface area contributed by atoms with Crippen LogP contribution in [0.5, 0.6) is 0 Å². The number of hydrogen-bond donors (Lipinski definition) is 0. The molecule has 1 heterocycles. The molecule has 0 radical (unpaired) electrons. The molecule has 70 valence electrons. The van der Waals surface area contributed by atoms with E-state index in [1.807, 2.05) is 0 Å². The zero-order chi connectivity index (χ0) is 9.64. The number of allylic oxidation sites excluding steroid dienone is 2. The smallest absolute Gasteiger partial charge is 0.338 e. The lowest BCUT2D eigenvalue weighted by molar-refractivity contribution is -0.128. The van der Waals surface area contributed by atoms with Crippen LogP contribution < -0.4 is 0 Å². The van der Waals surface area contributed by atoms with E-state index in [0.29, 0.717) is 0 Å². The highest BCUT2D eigenvalue weighted by Crippen LogP contribution is 2.33. The van der Waals surface area contributed by atoms with Gasteiger partial charge in [0.2, 0.25) is 0 Å². The molecule has 0 saturated heterocycles. The van der Waals surface area contributed by atoms with Crippen molar-refractivity contribution in [3.05, 3.63) is 22.6 Å². The molecule has 1 aliphatic carbocycles. The summed E-state index contributed by atoms with van der Waals surface area (Å²) in [5.74, 6) is -0.918. The number of hydrogen-bond acceptors (Lipinski definition) is 4. The fraction of sp³-hybridized carbons (Fsp3) is 0.286. The van der Waals surface area contributed by atoms with Crippen molar-refractivity contribution in [2.45, 2.75) is 12.6 Å². The van der Waals surface area contributed by atoms with Gasteiger partial charge in [-0.25, -0.2) is 9.18 Å². The average molecular weight is 204 g/mol. The Balaban J connectivity index is 2.57. The Labute approximate surface area is 73.8 Å². The fourth-order valence-corrected chi connectivity index (χ4v) is 2.44. The topological polar surface area (TPSA) is 60.4 Å². The van der Waals surface area contributed by atoms with Crippen LogP contribution in [0.2, 0.25) is 0 Å². The van der Waals surface area contributed by atoms with Gasteiger partial charge in [-0.1, -0.05) is 0 Å². The third-order valence-electron chi connectivity index (χ3n) is 1.86. The van der Waals surface area contributed by atoms with Crippen LogP contribution in [-0.4, -0.2) is 20.6 Å². The van der Waals surface area contributed by atoms with Crippen molar-refractivity contribution in [1.82, 2.24) is 0 Å². The molecule has 0 aromatic rings. The van der Waals surface area contributed by atoms with E-state index in [9.17, 15) is 17.6 Å². The molecule has 0 fully saturated rings. The van der Waals surface area contributed by atoms with Crippen molar-refractivity contribution in [1.29, 1.82) is 0 Å². The van der Waals surface area contributed by atoms with Crippen LogP contribution in [0.1, 0.15) is 6.42 Å². The Morgan fingerprint density at radius 2 is 2.23 bits per heavy atom. The van der Waals surface area contributed by atoms with Crippen molar-refractivity contribution >= 4 is 16.1 Å². The highest BCUT2D eigenvalue weighted by atomic mass is 32.2. The summed E-state index contributed by atoms with van der Waals surface area (Å²) in [6.07, 6.45) is 0.625. The van der Waals surface area contributed by atoms with Crippen LogP contribution in [0.25, 0.3) is 0 Å². The third-order valence-corrected chi connectivity index (χ3v) is 3.22. The maximum Gasteiger partial charge on any atom is 0.355 e. The standard InChI is InChI=1S/C7H5FO4S/c8-4-1-2-5-6(3-4)13(10,11)12-7(5)9/h1-2,4H,3H2. The molecule has 1 atom stereocenters. The van der Waals surface area contributed by atoms with Gasteiger partial charge in [-0.2, -0.15) is 8.42 Å². The Morgan fingerprint density at radius 1 is 1.54 bits per heavy atom. The normalized spacial score (nSPS) is 30.2. The molecule has 13 heavy (non-hydrogen) atoms. The number of carbonyl (C=O) groups is 1. The maximum atomic E-state index is 12.7. The van der Waals surface area contributed by atoms with Gasteiger partial charge in [-0.3, -0.25) is 0 Å². The first-order valence-corrected chi connectivity index (χ1v) is 4.96. The first kappa shape index (κ1) is 8.43. The summed E-state index contributed by atoms with van der Waals surface area (Å²) in [6, 6.07) is 0. The lowest BCUT2D eigenvalue weighted by atomic mass is 10.1. The van der Waals surface area contributed by atoms with Crippen molar-refractivity contribution < 1.29 is 21.8 Å². The second-order valence-corrected chi connectivity index (χ2v) is 4.31. The quantitative estimate of drug-likeness (QED) is 0.537. The second-order valence-electron chi connectivity index (χ2n) is 2.74. The van der Waals surface area contributed by atoms with E-state index in [1.54, 1.807) is 0 Å². The number of rotatable bonds is 0. The molecule has 0 aromatic heterocycles. The summed E-state index contributed by atoms with van der Waals surface area (Å²) in [4.78, 5) is 10.7. The maximum absolute atomic E-state index is 12.7. The SMILES string of the molecule is O=C1OS(=O)(=O)C2=C1C=CC(F)C2. The average Bonchev–Trinajstić information content (AvgIpc) is 2.23. The van der Waals surface area contributed by atoms with Crippen LogP contribution in [0.4, 0.5) is 4.39 Å². The largest absolute Gasteiger partial charge is 0.355 e. The number of halogens is 1. The second kappa shape index (κ2) is 2.41. The molecule has 2 aliphatic rings. The molecule has 4 nitrogen and oxygen atoms in total. The van der Waals surface area contributed by atoms with Gasteiger partial charge in [0.1, 0.15) is 11.1 Å². The zero-order valence-electron chi connectivity index (χ0n) is 6.36. The predicted octanol–water partition coefficient (Wildman–Crippen LogP) is 0.425. The highest BCUT2D eigenvalue weighted by Gasteiger charge is 2.39. The van der Waals surface area contributed by atoms with Crippen LogP contribution in [0.15, 0.2) is 22.6 Å². The van der Waals surface area contributed by atoms with Gasteiger partial charge in [0.05, 0.1) is 5.57 Å². The van der Waals surface area contributed by atoms with E-state index < -0.39 is 22.3 Å². The summed E-state index contributed by atoms with van der Waals surface area (Å²) >= 11 is 0. The molecule has 0 aromatic carbocycles. The first-order valence-electron chi connectivity index (χ1n) is 3.55. The zero-order valence-corrected chi connectivity index (χ0v) is 7.17. The van der Waals surface area contributed by atoms with Crippen LogP contribution >= 0.6 is 0 Å². The van der Waals surface area contributed by atoms with E-state index in [1.165, 1.54) is 0 Å². The lowest BCUT2D eigenvalue weighted by Crippen LogP contribution is -2.08. The minimum absolute atomic E-state index is 0.0473. The van der Waals surface area contributed by atoms with Crippen molar-refractivity contribution in [2.24, 2.45) is 0 Å². The minimum Gasteiger partial charge on any atom is -0.338 e. The summed E-state index contributed by atoms with van der Waals surface area (Å²) in [5.41, 5.74) is -0.0473. The molecular weight excluding hydrogens is 199 g/mol. The van der Waals surface area contributed by atoms with E-state index in [2.05, 4.69) is 4.18 Å². The van der Waals surface area contributed by atoms with Gasteiger partial charge in [-0.05, 0) is 12.2 Å². The summed E-state index contributed by atoms with van der Waals surface area (Å²) in [6.45, 7) is 0. The molecule has 0 spiro atoms. The molecule has 6 heteroatoms. The number of carbonyl (C=O) groups excluding carboxylic acids is 1. The van der Waals surface area contributed by atoms with Gasteiger partial charge in [0, 0.05) is 6.42 Å². The Hall–Kier alpha value is -1.17. The monoisotopic (exact) mass is 204 g/mol. The molecule has 0 N–H and O–H groups in total. The van der Waals surface area contributed by atoms with Gasteiger partial charge >= 0.3 is 16.1 Å². The molecule has 2 rings (SSSR count). The highest BCUT2D eigenvalue weighted by molar-refractivity contribution is 7.91. The van der Waals surface area contributed by atoms with E-state index >= 15 is 0 Å². The van der Waals surface area contributed by atoms with Crippen molar-refractivity contribution in [3.63, 3.8) is 0 Å². The van der Waals surface area contributed by atoms with Crippen LogP contribution in [0.3, 0.4) is 0 Å². The van der Waals surface area contributed by atoms with Gasteiger partial charge < -0.3 is 4.18 Å². The molecular formula is C7H5FO4S. The van der Waals surface area contributed by atoms with Gasteiger partial charge in [0.15, 0.2) is 0 Å². The Kier molecular flexibility index (Phi) is 1.56. The Bertz CT molecular complexity index is 431. The minimum atomic E-state index is -3.99. The molecule has 0 amide bonds. The Morgan fingerprint density at radius 3 is 2.92 bits per heavy atom. The fourth-order valence-electron chi connectivity index (χ4n) is 1.26. The van der Waals surface area contributed by atoms with Crippen LogP contribution in [-0.2, 0) is 19.1 Å². The van der Waals surface area contributed by atoms with E-state index in [4.69, 9.17) is 0 Å². The molecule has 0 bridgehead atoms.